The fraction of sp³-hybridized carbons (Fsp3) is 0.500. The molecule has 0 heterocycles. The van der Waals surface area contributed by atoms with E-state index in [0.717, 1.165) is 7.16 Å². The Kier molecular flexibility index (Phi) is 4.37. The molecule has 16 heavy (non-hydrogen) atoms. The van der Waals surface area contributed by atoms with Crippen LogP contribution in [-0.2, 0) is 0 Å². The van der Waals surface area contributed by atoms with E-state index in [1.807, 2.05) is 0 Å². The zero-order valence-corrected chi connectivity index (χ0v) is 16.5. The van der Waals surface area contributed by atoms with Gasteiger partial charge in [0.25, 0.3) is 0 Å². The van der Waals surface area contributed by atoms with Crippen molar-refractivity contribution < 1.29 is 8.78 Å². The zero-order valence-electron chi connectivity index (χ0n) is 10.8. The molecule has 0 spiro atoms. The minimum absolute atomic E-state index is 0.618. The predicted octanol–water partition coefficient (Wildman–Crippen LogP) is 2.86. The first-order valence-electron chi connectivity index (χ1n) is 5.46. The number of benzene rings is 1. The fourth-order valence-electron chi connectivity index (χ4n) is 1.82. The van der Waals surface area contributed by atoms with Gasteiger partial charge in [-0.3, -0.25) is 0 Å². The molecule has 0 N–H and O–H groups in total. The van der Waals surface area contributed by atoms with Crippen molar-refractivity contribution in [3.63, 3.8) is 0 Å². The van der Waals surface area contributed by atoms with Crippen molar-refractivity contribution in [1.29, 1.82) is 0 Å². The third-order valence-electron chi connectivity index (χ3n) is 2.58. The summed E-state index contributed by atoms with van der Waals surface area (Å²) in [7, 11) is 0. The zero-order chi connectivity index (χ0) is 12.7. The molecule has 89 valence electrons. The van der Waals surface area contributed by atoms with Crippen LogP contribution in [0, 0.1) is 17.7 Å². The van der Waals surface area contributed by atoms with Crippen LogP contribution in [0.4, 0.5) is 8.78 Å². The van der Waals surface area contributed by atoms with Crippen LogP contribution in [0.2, 0.25) is 29.6 Å². The molecule has 1 radical (unpaired) electrons. The van der Waals surface area contributed by atoms with Crippen molar-refractivity contribution >= 4 is 43.9 Å². The van der Waals surface area contributed by atoms with Crippen LogP contribution in [0.3, 0.4) is 0 Å². The average molecular weight is 439 g/mol. The van der Waals surface area contributed by atoms with Gasteiger partial charge in [0, 0.05) is 0 Å². The molecule has 0 amide bonds. The Morgan fingerprint density at radius 3 is 1.81 bits per heavy atom. The van der Waals surface area contributed by atoms with Gasteiger partial charge in [-0.15, -0.1) is 0 Å². The Morgan fingerprint density at radius 2 is 1.44 bits per heavy atom. The van der Waals surface area contributed by atoms with Crippen LogP contribution < -0.4 is 7.16 Å². The van der Waals surface area contributed by atoms with Gasteiger partial charge in [0.2, 0.25) is 0 Å². The molecule has 0 saturated heterocycles. The average Bonchev–Trinajstić information content (AvgIpc) is 2.05. The molecule has 0 nitrogen and oxygen atoms in total. The van der Waals surface area contributed by atoms with Crippen molar-refractivity contribution in [2.45, 2.75) is 29.6 Å². The predicted molar refractivity (Wildman–Crippen MR) is 71.2 cm³/mol. The summed E-state index contributed by atoms with van der Waals surface area (Å²) in [5.74, 6) is -1.42. The normalized spacial score (nSPS) is 13.0. The first kappa shape index (κ1) is 14.7. The second-order valence-electron chi connectivity index (χ2n) is 6.21. The van der Waals surface area contributed by atoms with Gasteiger partial charge in [-0.1, -0.05) is 0 Å². The summed E-state index contributed by atoms with van der Waals surface area (Å²) in [5, 5.41) is 0. The van der Waals surface area contributed by atoms with Gasteiger partial charge in [0.15, 0.2) is 0 Å². The maximum atomic E-state index is 14.0. The van der Waals surface area contributed by atoms with E-state index in [0.29, 0.717) is 0 Å². The van der Waals surface area contributed by atoms with Gasteiger partial charge in [0.05, 0.1) is 0 Å². The summed E-state index contributed by atoms with van der Waals surface area (Å²) < 4.78 is 29.2. The molecular weight excluding hydrogens is 420 g/mol. The van der Waals surface area contributed by atoms with Crippen molar-refractivity contribution in [1.82, 2.24) is 0 Å². The van der Waals surface area contributed by atoms with Gasteiger partial charge in [-0.05, 0) is 0 Å². The Bertz CT molecular complexity index is 401. The van der Waals surface area contributed by atoms with E-state index in [1.54, 1.807) is 6.07 Å². The summed E-state index contributed by atoms with van der Waals surface area (Å²) in [4.78, 5) is 13.1. The van der Waals surface area contributed by atoms with Crippen LogP contribution in [0.25, 0.3) is 0 Å². The second-order valence-corrected chi connectivity index (χ2v) is 34.9. The second kappa shape index (κ2) is 4.75. The van der Waals surface area contributed by atoms with E-state index in [-0.39, 0.29) is 0 Å². The molecule has 0 unspecified atom stereocenters. The monoisotopic (exact) mass is 441 g/mol. The number of hydrogen-bond acceptors (Lipinski definition) is 0. The molecule has 0 aliphatic rings. The third kappa shape index (κ3) is 3.12. The minimum atomic E-state index is -2.61. The van der Waals surface area contributed by atoms with Gasteiger partial charge in [-0.25, -0.2) is 0 Å². The summed E-state index contributed by atoms with van der Waals surface area (Å²) in [6, 6.07) is 4.15. The maximum absolute atomic E-state index is 14.0. The number of halogens is 2. The Labute approximate surface area is 105 Å². The molecule has 1 rings (SSSR count). The summed E-state index contributed by atoms with van der Waals surface area (Å²) in [6.07, 6.45) is 0. The standard InChI is InChI=1S/C6HF2.6CH3.2Sn/c7-5-3-1-2-4-6(5)8;;;;;;;;/h1H;6*1H3;;. The van der Waals surface area contributed by atoms with Crippen molar-refractivity contribution in [3.8, 4) is 0 Å². The van der Waals surface area contributed by atoms with Crippen molar-refractivity contribution in [2.24, 2.45) is 0 Å². The van der Waals surface area contributed by atoms with Crippen molar-refractivity contribution in [2.75, 3.05) is 0 Å². The molecule has 0 bridgehead atoms. The summed E-state index contributed by atoms with van der Waals surface area (Å²) in [5.41, 5.74) is 0. The molecule has 0 aliphatic carbocycles. The van der Waals surface area contributed by atoms with Gasteiger partial charge in [-0.2, -0.15) is 0 Å². The van der Waals surface area contributed by atoms with E-state index in [1.165, 1.54) is 0 Å². The first-order valence-corrected chi connectivity index (χ1v) is 25.4. The van der Waals surface area contributed by atoms with Gasteiger partial charge >= 0.3 is 106 Å². The van der Waals surface area contributed by atoms with E-state index in [4.69, 9.17) is 0 Å². The number of rotatable bonds is 2. The van der Waals surface area contributed by atoms with Crippen LogP contribution in [-0.4, -0.2) is 36.8 Å². The van der Waals surface area contributed by atoms with Crippen LogP contribution >= 0.6 is 0 Å². The fourth-order valence-corrected chi connectivity index (χ4v) is 24.8. The molecule has 1 aromatic carbocycles. The van der Waals surface area contributed by atoms with Crippen LogP contribution in [0.1, 0.15) is 0 Å². The molecular formula is C12H19F2Sn2. The van der Waals surface area contributed by atoms with E-state index in [9.17, 15) is 8.78 Å². The van der Waals surface area contributed by atoms with Crippen LogP contribution in [0.15, 0.2) is 6.07 Å². The van der Waals surface area contributed by atoms with E-state index >= 15 is 0 Å². The van der Waals surface area contributed by atoms with Gasteiger partial charge < -0.3 is 0 Å². The van der Waals surface area contributed by atoms with Crippen molar-refractivity contribution in [3.05, 3.63) is 23.8 Å². The van der Waals surface area contributed by atoms with Gasteiger partial charge in [0.1, 0.15) is 0 Å². The number of hydrogen-bond donors (Lipinski definition) is 0. The molecule has 4 heteroatoms. The molecule has 0 aromatic heterocycles. The molecule has 0 atom stereocenters. The van der Waals surface area contributed by atoms with E-state index in [2.05, 4.69) is 35.7 Å². The SMILES string of the molecule is [CH3][Sn]([CH3])([CH3])[c]1c[c]c(F)c(F)[c]1[Sn]([CH3])([CH3])[CH3]. The third-order valence-corrected chi connectivity index (χ3v) is 16.0. The molecule has 1 aromatic rings. The summed E-state index contributed by atoms with van der Waals surface area (Å²) in [6.45, 7) is 0. The topological polar surface area (TPSA) is 0 Å². The van der Waals surface area contributed by atoms with Crippen LogP contribution in [0.5, 0.6) is 0 Å². The Balaban J connectivity index is 3.59. The molecule has 0 fully saturated rings. The van der Waals surface area contributed by atoms with E-state index < -0.39 is 48.4 Å². The molecule has 0 aliphatic heterocycles. The Hall–Kier alpha value is 0.677. The first-order chi connectivity index (χ1) is 7.05. The molecule has 0 saturated carbocycles. The quantitative estimate of drug-likeness (QED) is 0.623. The Morgan fingerprint density at radius 1 is 0.938 bits per heavy atom. The summed E-state index contributed by atoms with van der Waals surface area (Å²) >= 11 is -4.98.